The lowest BCUT2D eigenvalue weighted by atomic mass is 10.1. The maximum atomic E-state index is 13.0. The minimum absolute atomic E-state index is 0.0224. The molecule has 0 bridgehead atoms. The lowest BCUT2D eigenvalue weighted by molar-refractivity contribution is 0.0224. The SMILES string of the molecule is CC(c1ccc(F)cc1)n1cncc1C1CNCCO1. The van der Waals surface area contributed by atoms with E-state index < -0.39 is 0 Å². The Bertz CT molecular complexity index is 561. The molecule has 0 amide bonds. The molecule has 2 aromatic rings. The van der Waals surface area contributed by atoms with Crippen LogP contribution in [0.5, 0.6) is 0 Å². The average Bonchev–Trinajstić information content (AvgIpc) is 2.97. The third-order valence-electron chi connectivity index (χ3n) is 3.72. The molecule has 1 aliphatic heterocycles. The number of benzene rings is 1. The van der Waals surface area contributed by atoms with E-state index in [-0.39, 0.29) is 18.0 Å². The third-order valence-corrected chi connectivity index (χ3v) is 3.72. The Labute approximate surface area is 117 Å². The van der Waals surface area contributed by atoms with Gasteiger partial charge in [0.25, 0.3) is 0 Å². The zero-order valence-corrected chi connectivity index (χ0v) is 11.4. The fourth-order valence-corrected chi connectivity index (χ4v) is 2.55. The standard InChI is InChI=1S/C15H18FN3O/c1-11(12-2-4-13(16)5-3-12)19-10-18-8-14(19)15-9-17-6-7-20-15/h2-5,8,10-11,15,17H,6-7,9H2,1H3. The maximum absolute atomic E-state index is 13.0. The van der Waals surface area contributed by atoms with Crippen molar-refractivity contribution in [3.8, 4) is 0 Å². The second-order valence-corrected chi connectivity index (χ2v) is 5.02. The van der Waals surface area contributed by atoms with Crippen LogP contribution in [0.25, 0.3) is 0 Å². The van der Waals surface area contributed by atoms with E-state index in [1.807, 2.05) is 18.3 Å². The largest absolute Gasteiger partial charge is 0.369 e. The smallest absolute Gasteiger partial charge is 0.123 e. The molecule has 1 saturated heterocycles. The van der Waals surface area contributed by atoms with Crippen LogP contribution in [0.1, 0.15) is 30.3 Å². The molecular formula is C15H18FN3O. The summed E-state index contributed by atoms with van der Waals surface area (Å²) in [6, 6.07) is 6.69. The Hall–Kier alpha value is -1.72. The van der Waals surface area contributed by atoms with Gasteiger partial charge in [0.2, 0.25) is 0 Å². The van der Waals surface area contributed by atoms with Crippen molar-refractivity contribution in [2.24, 2.45) is 0 Å². The molecule has 1 fully saturated rings. The summed E-state index contributed by atoms with van der Waals surface area (Å²) in [6.45, 7) is 4.47. The minimum atomic E-state index is -0.216. The summed E-state index contributed by atoms with van der Waals surface area (Å²) in [6.07, 6.45) is 3.67. The molecule has 5 heteroatoms. The summed E-state index contributed by atoms with van der Waals surface area (Å²) >= 11 is 0. The highest BCUT2D eigenvalue weighted by molar-refractivity contribution is 5.22. The lowest BCUT2D eigenvalue weighted by Crippen LogP contribution is -2.34. The van der Waals surface area contributed by atoms with E-state index in [4.69, 9.17) is 4.74 Å². The molecule has 2 atom stereocenters. The first kappa shape index (κ1) is 13.3. The number of imidazole rings is 1. The normalized spacial score (nSPS) is 20.8. The van der Waals surface area contributed by atoms with E-state index in [1.165, 1.54) is 12.1 Å². The molecule has 106 valence electrons. The predicted molar refractivity (Wildman–Crippen MR) is 74.0 cm³/mol. The van der Waals surface area contributed by atoms with Crippen LogP contribution in [-0.4, -0.2) is 29.2 Å². The molecule has 2 heterocycles. The van der Waals surface area contributed by atoms with E-state index in [2.05, 4.69) is 21.8 Å². The van der Waals surface area contributed by atoms with Gasteiger partial charge in [-0.3, -0.25) is 0 Å². The predicted octanol–water partition coefficient (Wildman–Crippen LogP) is 2.29. The second kappa shape index (κ2) is 5.73. The van der Waals surface area contributed by atoms with Gasteiger partial charge < -0.3 is 14.6 Å². The molecule has 0 aliphatic carbocycles. The van der Waals surface area contributed by atoms with Crippen LogP contribution in [0.3, 0.4) is 0 Å². The molecule has 2 unspecified atom stereocenters. The molecule has 3 rings (SSSR count). The minimum Gasteiger partial charge on any atom is -0.369 e. The van der Waals surface area contributed by atoms with Gasteiger partial charge in [-0.1, -0.05) is 12.1 Å². The molecule has 1 aromatic heterocycles. The molecule has 0 radical (unpaired) electrons. The quantitative estimate of drug-likeness (QED) is 0.934. The van der Waals surface area contributed by atoms with Crippen LogP contribution in [-0.2, 0) is 4.74 Å². The highest BCUT2D eigenvalue weighted by atomic mass is 19.1. The monoisotopic (exact) mass is 275 g/mol. The van der Waals surface area contributed by atoms with E-state index in [0.717, 1.165) is 24.3 Å². The average molecular weight is 275 g/mol. The number of nitrogens with zero attached hydrogens (tertiary/aromatic N) is 2. The van der Waals surface area contributed by atoms with Gasteiger partial charge >= 0.3 is 0 Å². The van der Waals surface area contributed by atoms with Crippen LogP contribution in [0.15, 0.2) is 36.8 Å². The van der Waals surface area contributed by atoms with Gasteiger partial charge in [-0.25, -0.2) is 9.37 Å². The van der Waals surface area contributed by atoms with Crippen molar-refractivity contribution in [3.05, 3.63) is 53.9 Å². The number of hydrogen-bond acceptors (Lipinski definition) is 3. The van der Waals surface area contributed by atoms with Gasteiger partial charge in [0.15, 0.2) is 0 Å². The van der Waals surface area contributed by atoms with Crippen molar-refractivity contribution in [3.63, 3.8) is 0 Å². The van der Waals surface area contributed by atoms with E-state index in [9.17, 15) is 4.39 Å². The van der Waals surface area contributed by atoms with Crippen molar-refractivity contribution >= 4 is 0 Å². The van der Waals surface area contributed by atoms with Gasteiger partial charge in [-0.2, -0.15) is 0 Å². The molecule has 1 aliphatic rings. The molecule has 4 nitrogen and oxygen atoms in total. The van der Waals surface area contributed by atoms with Gasteiger partial charge in [-0.15, -0.1) is 0 Å². The van der Waals surface area contributed by atoms with Gasteiger partial charge in [0, 0.05) is 13.1 Å². The first-order valence-corrected chi connectivity index (χ1v) is 6.85. The number of nitrogens with one attached hydrogen (secondary N) is 1. The first-order valence-electron chi connectivity index (χ1n) is 6.85. The lowest BCUT2D eigenvalue weighted by Gasteiger charge is -2.26. The summed E-state index contributed by atoms with van der Waals surface area (Å²) in [5.74, 6) is -0.216. The third kappa shape index (κ3) is 2.59. The van der Waals surface area contributed by atoms with E-state index >= 15 is 0 Å². The van der Waals surface area contributed by atoms with Crippen LogP contribution in [0.4, 0.5) is 4.39 Å². The van der Waals surface area contributed by atoms with Crippen molar-refractivity contribution in [2.45, 2.75) is 19.1 Å². The second-order valence-electron chi connectivity index (χ2n) is 5.02. The molecule has 0 saturated carbocycles. The number of morpholine rings is 1. The topological polar surface area (TPSA) is 39.1 Å². The summed E-state index contributed by atoms with van der Waals surface area (Å²) in [5.41, 5.74) is 2.10. The number of aromatic nitrogens is 2. The number of rotatable bonds is 3. The summed E-state index contributed by atoms with van der Waals surface area (Å²) < 4.78 is 20.9. The van der Waals surface area contributed by atoms with Gasteiger partial charge in [-0.05, 0) is 24.6 Å². The maximum Gasteiger partial charge on any atom is 0.123 e. The summed E-state index contributed by atoms with van der Waals surface area (Å²) in [5, 5.41) is 3.32. The number of ether oxygens (including phenoxy) is 1. The Morgan fingerprint density at radius 1 is 1.40 bits per heavy atom. The van der Waals surface area contributed by atoms with E-state index in [1.54, 1.807) is 6.33 Å². The number of hydrogen-bond donors (Lipinski definition) is 1. The molecule has 1 aromatic carbocycles. The number of halogens is 1. The van der Waals surface area contributed by atoms with Crippen molar-refractivity contribution in [2.75, 3.05) is 19.7 Å². The highest BCUT2D eigenvalue weighted by Crippen LogP contribution is 2.25. The first-order chi connectivity index (χ1) is 9.75. The van der Waals surface area contributed by atoms with Crippen molar-refractivity contribution < 1.29 is 9.13 Å². The summed E-state index contributed by atoms with van der Waals surface area (Å²) in [4.78, 5) is 4.24. The van der Waals surface area contributed by atoms with Gasteiger partial charge in [0.1, 0.15) is 11.9 Å². The fourth-order valence-electron chi connectivity index (χ4n) is 2.55. The Kier molecular flexibility index (Phi) is 3.80. The van der Waals surface area contributed by atoms with Crippen molar-refractivity contribution in [1.29, 1.82) is 0 Å². The zero-order chi connectivity index (χ0) is 13.9. The fraction of sp³-hybridized carbons (Fsp3) is 0.400. The molecule has 20 heavy (non-hydrogen) atoms. The molecule has 0 spiro atoms. The van der Waals surface area contributed by atoms with Gasteiger partial charge in [0.05, 0.1) is 30.9 Å². The van der Waals surface area contributed by atoms with Crippen molar-refractivity contribution in [1.82, 2.24) is 14.9 Å². The molecule has 1 N–H and O–H groups in total. The summed E-state index contributed by atoms with van der Waals surface area (Å²) in [7, 11) is 0. The van der Waals surface area contributed by atoms with Crippen LogP contribution < -0.4 is 5.32 Å². The zero-order valence-electron chi connectivity index (χ0n) is 11.4. The highest BCUT2D eigenvalue weighted by Gasteiger charge is 2.22. The van der Waals surface area contributed by atoms with Crippen LogP contribution in [0.2, 0.25) is 0 Å². The Balaban J connectivity index is 1.86. The van der Waals surface area contributed by atoms with Crippen LogP contribution in [0, 0.1) is 5.82 Å². The van der Waals surface area contributed by atoms with E-state index in [0.29, 0.717) is 6.61 Å². The molecular weight excluding hydrogens is 257 g/mol. The Morgan fingerprint density at radius 3 is 2.90 bits per heavy atom. The Morgan fingerprint density at radius 2 is 2.20 bits per heavy atom. The van der Waals surface area contributed by atoms with Crippen LogP contribution >= 0.6 is 0 Å².